The molecule has 51 atom stereocenters. The molecule has 46 heteroatoms. The van der Waals surface area contributed by atoms with Gasteiger partial charge in [0.15, 0.2) is 67.9 Å². The second kappa shape index (κ2) is 42.5. The summed E-state index contributed by atoms with van der Waals surface area (Å²) in [5, 5.41) is 268. The molecule has 0 spiro atoms. The lowest BCUT2D eigenvalue weighted by Gasteiger charge is -2.71. The Labute approximate surface area is 795 Å². The summed E-state index contributed by atoms with van der Waals surface area (Å²) in [5.74, 6) is -2.25. The summed E-state index contributed by atoms with van der Waals surface area (Å²) in [7, 11) is 1.32. The lowest BCUT2D eigenvalue weighted by atomic mass is 9.33. The Kier molecular flexibility index (Phi) is 33.2. The molecule has 9 aliphatic heterocycles. The highest BCUT2D eigenvalue weighted by Crippen LogP contribution is 2.76. The van der Waals surface area contributed by atoms with E-state index in [1.807, 2.05) is 0 Å². The smallest absolute Gasteiger partial charge is 0.331 e. The Balaban J connectivity index is 0.567. The molecule has 46 nitrogen and oxygen atoms in total. The number of phenolic OH excluding ortho intramolecular Hbond substituents is 1. The van der Waals surface area contributed by atoms with Gasteiger partial charge in [0.05, 0.1) is 76.6 Å². The van der Waals surface area contributed by atoms with E-state index < -0.39 is 338 Å². The van der Waals surface area contributed by atoms with E-state index in [0.29, 0.717) is 51.4 Å². The maximum absolute atomic E-state index is 15.5. The van der Waals surface area contributed by atoms with Crippen LogP contribution in [-0.4, -0.2) is 451 Å². The van der Waals surface area contributed by atoms with Crippen LogP contribution < -0.4 is 4.74 Å². The van der Waals surface area contributed by atoms with Crippen molar-refractivity contribution in [3.05, 3.63) is 41.5 Å². The number of aromatic hydroxyl groups is 1. The van der Waals surface area contributed by atoms with Crippen molar-refractivity contribution in [2.45, 2.75) is 404 Å². The van der Waals surface area contributed by atoms with Gasteiger partial charge in [-0.05, 0) is 154 Å². The zero-order chi connectivity index (χ0) is 100. The summed E-state index contributed by atoms with van der Waals surface area (Å²) in [6.45, 7) is 15.4. The molecular weight excluding hydrogens is 1840 g/mol. The first-order valence-corrected chi connectivity index (χ1v) is 47.6. The molecule has 138 heavy (non-hydrogen) atoms. The van der Waals surface area contributed by atoms with Crippen molar-refractivity contribution in [3.8, 4) is 11.5 Å². The van der Waals surface area contributed by atoms with Crippen molar-refractivity contribution >= 4 is 18.0 Å². The number of esters is 2. The fourth-order valence-corrected chi connectivity index (χ4v) is 24.2. The molecule has 24 N–H and O–H groups in total. The summed E-state index contributed by atoms with van der Waals surface area (Å²) in [6.07, 6.45) is -65.8. The van der Waals surface area contributed by atoms with Crippen molar-refractivity contribution in [3.63, 3.8) is 0 Å². The number of hydrogen-bond acceptors (Lipinski definition) is 46. The highest BCUT2D eigenvalue weighted by molar-refractivity contribution is 5.87. The summed E-state index contributed by atoms with van der Waals surface area (Å²) >= 11 is 0. The van der Waals surface area contributed by atoms with E-state index >= 15 is 4.79 Å². The van der Waals surface area contributed by atoms with Crippen LogP contribution in [0.2, 0.25) is 0 Å². The molecule has 0 amide bonds. The van der Waals surface area contributed by atoms with Crippen LogP contribution in [0, 0.1) is 50.2 Å². The molecule has 1 unspecified atom stereocenters. The van der Waals surface area contributed by atoms with E-state index in [9.17, 15) is 127 Å². The average Bonchev–Trinajstić information content (AvgIpc) is 0.672. The average molecular weight is 1980 g/mol. The van der Waals surface area contributed by atoms with Crippen LogP contribution in [0.25, 0.3) is 6.08 Å². The Bertz CT molecular complexity index is 4300. The van der Waals surface area contributed by atoms with Crippen molar-refractivity contribution in [2.24, 2.45) is 50.2 Å². The molecule has 0 radical (unpaired) electrons. The minimum absolute atomic E-state index is 0.00924. The number of rotatable bonds is 26. The number of aliphatic hydroxyl groups excluding tert-OH is 23. The van der Waals surface area contributed by atoms with Gasteiger partial charge in [-0.25, -0.2) is 4.79 Å². The highest BCUT2D eigenvalue weighted by atomic mass is 16.8. The summed E-state index contributed by atoms with van der Waals surface area (Å²) in [4.78, 5) is 29.0. The van der Waals surface area contributed by atoms with Crippen LogP contribution in [0.1, 0.15) is 139 Å². The monoisotopic (exact) mass is 1980 g/mol. The number of aliphatic hydroxyl groups is 23. The van der Waals surface area contributed by atoms with Crippen LogP contribution in [0.5, 0.6) is 11.5 Å². The quantitative estimate of drug-likeness (QED) is 0.0177. The molecule has 15 rings (SSSR count). The minimum atomic E-state index is -2.19. The Morgan fingerprint density at radius 1 is 0.435 bits per heavy atom. The normalized spacial score (nSPS) is 50.8. The van der Waals surface area contributed by atoms with Crippen molar-refractivity contribution in [2.75, 3.05) is 46.8 Å². The molecule has 786 valence electrons. The topological polar surface area (TPSA) is 704 Å². The third-order valence-corrected chi connectivity index (χ3v) is 32.9. The Hall–Kier alpha value is -4.36. The van der Waals surface area contributed by atoms with E-state index in [2.05, 4.69) is 54.5 Å². The van der Waals surface area contributed by atoms with Gasteiger partial charge < -0.3 is 217 Å². The molecular formula is C92H142O46. The lowest BCUT2D eigenvalue weighted by molar-refractivity contribution is -0.387. The predicted molar refractivity (Wildman–Crippen MR) is 457 cm³/mol. The number of ether oxygens (including phenoxy) is 20. The fourth-order valence-electron chi connectivity index (χ4n) is 24.2. The van der Waals surface area contributed by atoms with Crippen LogP contribution >= 0.6 is 0 Å². The van der Waals surface area contributed by atoms with Crippen molar-refractivity contribution in [1.29, 1.82) is 0 Å². The number of fused-ring (bicyclic) bond motifs is 7. The third kappa shape index (κ3) is 20.3. The highest BCUT2D eigenvalue weighted by Gasteiger charge is 2.71. The second-order valence-electron chi connectivity index (χ2n) is 42.1. The number of allylic oxidation sites excluding steroid dienone is 2. The summed E-state index contributed by atoms with van der Waals surface area (Å²) in [6, 6.07) is 4.14. The molecule has 0 bridgehead atoms. The zero-order valence-corrected chi connectivity index (χ0v) is 78.6. The van der Waals surface area contributed by atoms with Crippen molar-refractivity contribution in [1.82, 2.24) is 0 Å². The molecule has 9 heterocycles. The number of carbonyl (C=O) groups is 2. The van der Waals surface area contributed by atoms with Gasteiger partial charge in [-0.3, -0.25) is 4.79 Å². The standard InChI is InChI=1S/C92H142O46/c1-34-52(98)59(105)66(112)77(124-34)121-32-46-57(103)62(108)76(133-51(97)17-13-37-12-15-42(119-11)40(95)26-37)85(131-46)135-73-44(29-94)128-81(70(116)64(73)110)129-47-33-123-79(65(111)58(47)104)136-74-54(100)36(3)126-83(71(74)117)137-75-55(101)41(96)30-120-84(75)132-50-19-20-89(8)48(88(50,6)7)18-21-91(10)49(89)16-14-38-39-27-87(4,5)22-24-92(39,25-23-90(38,91)9)86(118)138-82-68(114)61(107)56(102)45(130-82)31-122-78-69(115)63(109)72(43(28-93)127-78)134-80-67(113)60(106)53(99)35(2)125-80/h12-15,17,26,34-36,39,41,43-50,52-85,93-96,98-117H,16,18-25,27-33H2,1-11H3/t34-,35-,36-,39?,41-,43+,44+,45+,46+,47+,48-,49+,50-,52-,53-,54-,55-,56+,57+,58+,59+,60+,61-,62-,63+,64+,65+,66+,67+,68+,69+,70+,71+,72+,73+,74+,75+,76+,77+,78+,79-,80-,81-,82-,83-,84-,85-,89-,90+,91+,92-/m0/s1. The SMILES string of the molecule is COc1ccc(C=CC(=O)O[C@H]2[C@H](O[C@H]3[C@H](O)[C@@H](O)[C@H](O[C@@H]4CO[C@@H](O[C@@H]5[C@@H](O)[C@H](C)O[C@@H](O[C@H]6[C@H](O[C@H]7CC[C@]8(C)[C@H]9CC=C%10C%11CC(C)(C)CC[C@]%11(C(=O)O[C@@H]%11O[C@H](CO[C@@H]%12O[C@H](CO)[C@@H](O[C@@H]%13O[C@@H](C)[C@H](O)[C@@H](O)[C@H]%13O)[C@H](O)[C@H]%12O)[C@@H](O)[C@H](O)[C@H]%11O)CC[C@@]%10(C)[C@]9(C)CC[C@H]8C7(C)C)OC[C@H](O)[C@@H]6O)[C@@H]5O)[C@H](O)[C@@H]4O)O[C@@H]3CO)O[C@H](CO[C@@H]3O[C@@H](C)[C@H](O)[C@@H](O)[C@H]3O)[C@@H](O)[C@@H]2O)cc1O. The van der Waals surface area contributed by atoms with Gasteiger partial charge in [0.1, 0.15) is 183 Å². The third-order valence-electron chi connectivity index (χ3n) is 32.9. The number of benzene rings is 1. The summed E-state index contributed by atoms with van der Waals surface area (Å²) < 4.78 is 118. The van der Waals surface area contributed by atoms with Crippen LogP contribution in [0.4, 0.5) is 0 Å². The number of phenols is 1. The van der Waals surface area contributed by atoms with E-state index in [1.54, 1.807) is 0 Å². The van der Waals surface area contributed by atoms with Gasteiger partial charge in [-0.1, -0.05) is 66.2 Å². The molecule has 9 saturated heterocycles. The van der Waals surface area contributed by atoms with Gasteiger partial charge >= 0.3 is 11.9 Å². The maximum atomic E-state index is 15.5. The lowest BCUT2D eigenvalue weighted by Crippen LogP contribution is -2.67. The van der Waals surface area contributed by atoms with Gasteiger partial charge in [-0.2, -0.15) is 0 Å². The minimum Gasteiger partial charge on any atom is -0.504 e. The van der Waals surface area contributed by atoms with E-state index in [0.717, 1.165) is 24.5 Å². The Morgan fingerprint density at radius 3 is 1.57 bits per heavy atom. The van der Waals surface area contributed by atoms with Gasteiger partial charge in [0, 0.05) is 6.08 Å². The second-order valence-corrected chi connectivity index (χ2v) is 42.1. The number of hydrogen-bond donors (Lipinski definition) is 24. The molecule has 13 fully saturated rings. The molecule has 4 saturated carbocycles. The van der Waals surface area contributed by atoms with Crippen LogP contribution in [0.15, 0.2) is 35.9 Å². The van der Waals surface area contributed by atoms with Gasteiger partial charge in [0.2, 0.25) is 6.29 Å². The first-order valence-electron chi connectivity index (χ1n) is 47.6. The fraction of sp³-hybridized carbons (Fsp3) is 0.870. The van der Waals surface area contributed by atoms with Crippen LogP contribution in [0.3, 0.4) is 0 Å². The van der Waals surface area contributed by atoms with Crippen LogP contribution in [-0.2, 0) is 99.6 Å². The van der Waals surface area contributed by atoms with E-state index in [1.165, 1.54) is 52.2 Å². The number of methoxy groups -OCH3 is 1. The summed E-state index contributed by atoms with van der Waals surface area (Å²) in [5.41, 5.74) is -1.70. The molecule has 1 aromatic carbocycles. The molecule has 0 aromatic heterocycles. The maximum Gasteiger partial charge on any atom is 0.331 e. The van der Waals surface area contributed by atoms with Gasteiger partial charge in [-0.15, -0.1) is 0 Å². The largest absolute Gasteiger partial charge is 0.504 e. The molecule has 5 aliphatic carbocycles. The first-order chi connectivity index (χ1) is 65.0. The Morgan fingerprint density at radius 2 is 0.935 bits per heavy atom. The van der Waals surface area contributed by atoms with Gasteiger partial charge in [0.25, 0.3) is 0 Å². The van der Waals surface area contributed by atoms with Crippen molar-refractivity contribution < 1.29 is 227 Å². The number of carbonyl (C=O) groups excluding carboxylic acids is 2. The molecule has 1 aromatic rings. The first kappa shape index (κ1) is 108. The van der Waals surface area contributed by atoms with E-state index in [4.69, 9.17) is 94.7 Å². The molecule has 14 aliphatic rings. The predicted octanol–water partition coefficient (Wildman–Crippen LogP) is -6.57. The van der Waals surface area contributed by atoms with E-state index in [-0.39, 0.29) is 51.1 Å². The zero-order valence-electron chi connectivity index (χ0n) is 78.6.